The Kier molecular flexibility index (Phi) is 5.30. The minimum atomic E-state index is -0.559. The third-order valence-electron chi connectivity index (χ3n) is 3.95. The molecule has 0 unspecified atom stereocenters. The number of ether oxygens (including phenoxy) is 1. The van der Waals surface area contributed by atoms with Crippen LogP contribution in [0.3, 0.4) is 0 Å². The van der Waals surface area contributed by atoms with Gasteiger partial charge in [-0.2, -0.15) is 0 Å². The number of nitro benzene ring substituents is 1. The molecule has 0 saturated carbocycles. The molecule has 8 nitrogen and oxygen atoms in total. The summed E-state index contributed by atoms with van der Waals surface area (Å²) >= 11 is 0. The van der Waals surface area contributed by atoms with Gasteiger partial charge in [-0.3, -0.25) is 14.9 Å². The molecular weight excluding hydrogens is 326 g/mol. The van der Waals surface area contributed by atoms with Gasteiger partial charge >= 0.3 is 6.09 Å². The van der Waals surface area contributed by atoms with Crippen molar-refractivity contribution >= 4 is 23.8 Å². The number of carbonyl (C=O) groups is 2. The number of benzene rings is 1. The van der Waals surface area contributed by atoms with Crippen LogP contribution in [0.25, 0.3) is 0 Å². The first kappa shape index (κ1) is 18.7. The van der Waals surface area contributed by atoms with Crippen LogP contribution in [-0.4, -0.2) is 53.5 Å². The Labute approximate surface area is 146 Å². The molecule has 0 N–H and O–H groups in total. The predicted molar refractivity (Wildman–Crippen MR) is 93.1 cm³/mol. The van der Waals surface area contributed by atoms with Crippen molar-refractivity contribution in [3.8, 4) is 0 Å². The van der Waals surface area contributed by atoms with Crippen LogP contribution in [0.5, 0.6) is 0 Å². The van der Waals surface area contributed by atoms with Gasteiger partial charge in [0.15, 0.2) is 6.29 Å². The first-order valence-electron chi connectivity index (χ1n) is 8.10. The molecule has 136 valence electrons. The predicted octanol–water partition coefficient (Wildman–Crippen LogP) is 2.85. The molecule has 2 rings (SSSR count). The molecule has 0 radical (unpaired) electrons. The SMILES string of the molecule is C[C@@H]1CN(c2ccc([N+](=O)[O-])cc2C=O)CCN1C(=O)OC(C)(C)C. The molecule has 1 aliphatic rings. The molecule has 0 aromatic heterocycles. The van der Waals surface area contributed by atoms with Crippen molar-refractivity contribution in [1.82, 2.24) is 4.90 Å². The number of anilines is 1. The zero-order valence-corrected chi connectivity index (χ0v) is 14.9. The lowest BCUT2D eigenvalue weighted by Crippen LogP contribution is -2.55. The Balaban J connectivity index is 2.14. The number of nitrogens with zero attached hydrogens (tertiary/aromatic N) is 3. The summed E-state index contributed by atoms with van der Waals surface area (Å²) in [4.78, 5) is 37.5. The van der Waals surface area contributed by atoms with Crippen LogP contribution < -0.4 is 4.90 Å². The van der Waals surface area contributed by atoms with Crippen molar-refractivity contribution in [2.24, 2.45) is 0 Å². The second-order valence-electron chi connectivity index (χ2n) is 7.09. The van der Waals surface area contributed by atoms with E-state index in [-0.39, 0.29) is 23.4 Å². The number of non-ortho nitro benzene ring substituents is 1. The number of nitro groups is 1. The summed E-state index contributed by atoms with van der Waals surface area (Å²) in [6.07, 6.45) is 0.256. The van der Waals surface area contributed by atoms with E-state index in [2.05, 4.69) is 0 Å². The third kappa shape index (κ3) is 4.46. The highest BCUT2D eigenvalue weighted by atomic mass is 16.6. The number of piperazine rings is 1. The van der Waals surface area contributed by atoms with Crippen LogP contribution in [0.2, 0.25) is 0 Å². The highest BCUT2D eigenvalue weighted by Gasteiger charge is 2.31. The van der Waals surface area contributed by atoms with Crippen molar-refractivity contribution in [2.45, 2.75) is 39.3 Å². The molecule has 25 heavy (non-hydrogen) atoms. The lowest BCUT2D eigenvalue weighted by molar-refractivity contribution is -0.384. The molecule has 0 spiro atoms. The van der Waals surface area contributed by atoms with E-state index in [0.717, 1.165) is 0 Å². The fraction of sp³-hybridized carbons (Fsp3) is 0.529. The Morgan fingerprint density at radius 3 is 2.56 bits per heavy atom. The van der Waals surface area contributed by atoms with Gasteiger partial charge in [0, 0.05) is 49.1 Å². The number of aldehydes is 1. The van der Waals surface area contributed by atoms with Crippen molar-refractivity contribution in [3.05, 3.63) is 33.9 Å². The van der Waals surface area contributed by atoms with E-state index in [4.69, 9.17) is 4.74 Å². The minimum Gasteiger partial charge on any atom is -0.444 e. The number of hydrogen-bond donors (Lipinski definition) is 0. The first-order valence-corrected chi connectivity index (χ1v) is 8.10. The third-order valence-corrected chi connectivity index (χ3v) is 3.95. The Hall–Kier alpha value is -2.64. The van der Waals surface area contributed by atoms with Gasteiger partial charge in [0.25, 0.3) is 5.69 Å². The molecule has 1 amide bonds. The van der Waals surface area contributed by atoms with Crippen LogP contribution >= 0.6 is 0 Å². The first-order chi connectivity index (χ1) is 11.6. The van der Waals surface area contributed by atoms with E-state index in [1.165, 1.54) is 12.1 Å². The second-order valence-corrected chi connectivity index (χ2v) is 7.09. The number of amides is 1. The van der Waals surface area contributed by atoms with Gasteiger partial charge in [0.05, 0.1) is 4.92 Å². The van der Waals surface area contributed by atoms with Gasteiger partial charge in [0.1, 0.15) is 5.60 Å². The van der Waals surface area contributed by atoms with Crippen LogP contribution in [0.1, 0.15) is 38.1 Å². The van der Waals surface area contributed by atoms with Crippen LogP contribution in [0.15, 0.2) is 18.2 Å². The molecule has 1 fully saturated rings. The average Bonchev–Trinajstić information content (AvgIpc) is 2.52. The van der Waals surface area contributed by atoms with E-state index in [1.54, 1.807) is 11.0 Å². The quantitative estimate of drug-likeness (QED) is 0.473. The smallest absolute Gasteiger partial charge is 0.410 e. The lowest BCUT2D eigenvalue weighted by Gasteiger charge is -2.41. The maximum Gasteiger partial charge on any atom is 0.410 e. The summed E-state index contributed by atoms with van der Waals surface area (Å²) in [7, 11) is 0. The minimum absolute atomic E-state index is 0.113. The molecule has 0 bridgehead atoms. The molecular formula is C17H23N3O5. The Morgan fingerprint density at radius 2 is 2.04 bits per heavy atom. The van der Waals surface area contributed by atoms with Gasteiger partial charge in [0.2, 0.25) is 0 Å². The summed E-state index contributed by atoms with van der Waals surface area (Å²) in [5.41, 5.74) is 0.228. The van der Waals surface area contributed by atoms with Crippen molar-refractivity contribution in [2.75, 3.05) is 24.5 Å². The zero-order valence-electron chi connectivity index (χ0n) is 14.9. The lowest BCUT2D eigenvalue weighted by atomic mass is 10.1. The Bertz CT molecular complexity index is 683. The summed E-state index contributed by atoms with van der Waals surface area (Å²) < 4.78 is 5.41. The zero-order chi connectivity index (χ0) is 18.8. The molecule has 1 aromatic rings. The number of hydrogen-bond acceptors (Lipinski definition) is 6. The molecule has 0 aliphatic carbocycles. The average molecular weight is 349 g/mol. The summed E-state index contributed by atoms with van der Waals surface area (Å²) in [6.45, 7) is 8.84. The number of rotatable bonds is 3. The standard InChI is InChI=1S/C17H23N3O5/c1-12-10-18(7-8-19(12)16(22)25-17(2,3)4)15-6-5-14(20(23)24)9-13(15)11-21/h5-6,9,11-12H,7-8,10H2,1-4H3/t12-/m1/s1. The van der Waals surface area contributed by atoms with Gasteiger partial charge < -0.3 is 14.5 Å². The van der Waals surface area contributed by atoms with Crippen LogP contribution in [0, 0.1) is 10.1 Å². The van der Waals surface area contributed by atoms with Crippen molar-refractivity contribution in [1.29, 1.82) is 0 Å². The molecule has 1 heterocycles. The van der Waals surface area contributed by atoms with Gasteiger partial charge in [-0.1, -0.05) is 0 Å². The molecule has 8 heteroatoms. The van der Waals surface area contributed by atoms with Crippen LogP contribution in [0.4, 0.5) is 16.2 Å². The Morgan fingerprint density at radius 1 is 1.36 bits per heavy atom. The van der Waals surface area contributed by atoms with Crippen molar-refractivity contribution < 1.29 is 19.2 Å². The second kappa shape index (κ2) is 7.08. The topological polar surface area (TPSA) is 93.0 Å². The van der Waals surface area contributed by atoms with E-state index < -0.39 is 10.5 Å². The van der Waals surface area contributed by atoms with Crippen molar-refractivity contribution in [3.63, 3.8) is 0 Å². The summed E-state index contributed by atoms with van der Waals surface area (Å²) in [5.74, 6) is 0. The fourth-order valence-electron chi connectivity index (χ4n) is 2.81. The van der Waals surface area contributed by atoms with E-state index in [9.17, 15) is 19.7 Å². The molecule has 1 atom stereocenters. The van der Waals surface area contributed by atoms with E-state index in [0.29, 0.717) is 31.6 Å². The highest BCUT2D eigenvalue weighted by molar-refractivity contribution is 5.86. The molecule has 1 aromatic carbocycles. The normalized spacial score (nSPS) is 18.0. The summed E-state index contributed by atoms with van der Waals surface area (Å²) in [6, 6.07) is 4.12. The molecule has 1 saturated heterocycles. The molecule has 1 aliphatic heterocycles. The van der Waals surface area contributed by atoms with Crippen LogP contribution in [-0.2, 0) is 4.74 Å². The van der Waals surface area contributed by atoms with E-state index >= 15 is 0 Å². The van der Waals surface area contributed by atoms with Gasteiger partial charge in [-0.25, -0.2) is 4.79 Å². The number of carbonyl (C=O) groups excluding carboxylic acids is 2. The maximum absolute atomic E-state index is 12.3. The summed E-state index contributed by atoms with van der Waals surface area (Å²) in [5, 5.41) is 10.9. The van der Waals surface area contributed by atoms with Gasteiger partial charge in [-0.15, -0.1) is 0 Å². The largest absolute Gasteiger partial charge is 0.444 e. The van der Waals surface area contributed by atoms with Gasteiger partial charge in [-0.05, 0) is 33.8 Å². The highest BCUT2D eigenvalue weighted by Crippen LogP contribution is 2.27. The monoisotopic (exact) mass is 349 g/mol. The van der Waals surface area contributed by atoms with E-state index in [1.807, 2.05) is 32.6 Å². The maximum atomic E-state index is 12.3. The fourth-order valence-corrected chi connectivity index (χ4v) is 2.81.